The molecule has 1 aliphatic heterocycles. The summed E-state index contributed by atoms with van der Waals surface area (Å²) < 4.78 is 0. The van der Waals surface area contributed by atoms with Crippen molar-refractivity contribution in [2.45, 2.75) is 25.4 Å². The van der Waals surface area contributed by atoms with Gasteiger partial charge in [0.05, 0.1) is 0 Å². The normalized spacial score (nSPS) is 16.0. The van der Waals surface area contributed by atoms with Gasteiger partial charge in [-0.3, -0.25) is 19.8 Å². The van der Waals surface area contributed by atoms with Gasteiger partial charge in [-0.1, -0.05) is 60.7 Å². The van der Waals surface area contributed by atoms with Gasteiger partial charge >= 0.3 is 6.03 Å². The predicted octanol–water partition coefficient (Wildman–Crippen LogP) is 1.95. The van der Waals surface area contributed by atoms with Crippen LogP contribution in [-0.2, 0) is 16.1 Å². The molecule has 1 fully saturated rings. The van der Waals surface area contributed by atoms with Gasteiger partial charge in [0.2, 0.25) is 11.8 Å². The van der Waals surface area contributed by atoms with Crippen molar-refractivity contribution >= 4 is 17.8 Å². The van der Waals surface area contributed by atoms with Crippen molar-refractivity contribution in [1.82, 2.24) is 15.5 Å². The van der Waals surface area contributed by atoms with Gasteiger partial charge in [0.1, 0.15) is 6.04 Å². The van der Waals surface area contributed by atoms with Crippen LogP contribution >= 0.6 is 0 Å². The highest BCUT2D eigenvalue weighted by Crippen LogP contribution is 2.27. The lowest BCUT2D eigenvalue weighted by atomic mass is 9.93. The fourth-order valence-corrected chi connectivity index (χ4v) is 3.70. The maximum Gasteiger partial charge on any atom is 0.318 e. The van der Waals surface area contributed by atoms with E-state index in [0.717, 1.165) is 11.1 Å². The molecule has 0 spiro atoms. The molecule has 2 aromatic carbocycles. The molecule has 1 heterocycles. The van der Waals surface area contributed by atoms with Crippen LogP contribution < -0.4 is 16.4 Å². The highest BCUT2D eigenvalue weighted by atomic mass is 16.2. The molecule has 0 unspecified atom stereocenters. The van der Waals surface area contributed by atoms with Gasteiger partial charge in [0, 0.05) is 12.5 Å². The smallest absolute Gasteiger partial charge is 0.318 e. The number of likely N-dealkylation sites (tertiary alicyclic amines) is 1. The third-order valence-electron chi connectivity index (χ3n) is 5.19. The Morgan fingerprint density at radius 3 is 2.14 bits per heavy atom. The summed E-state index contributed by atoms with van der Waals surface area (Å²) in [5.74, 6) is -0.507. The Labute approximate surface area is 170 Å². The second-order valence-corrected chi connectivity index (χ2v) is 7.18. The second kappa shape index (κ2) is 9.84. The largest absolute Gasteiger partial charge is 0.352 e. The first kappa shape index (κ1) is 20.5. The van der Waals surface area contributed by atoms with Gasteiger partial charge < -0.3 is 11.1 Å². The number of urea groups is 1. The molecule has 0 bridgehead atoms. The lowest BCUT2D eigenvalue weighted by molar-refractivity contribution is -0.128. The Kier molecular flexibility index (Phi) is 6.97. The molecule has 0 aromatic heterocycles. The number of nitrogens with two attached hydrogens (primary N) is 1. The number of amides is 4. The van der Waals surface area contributed by atoms with Gasteiger partial charge in [0.25, 0.3) is 0 Å². The molecule has 4 N–H and O–H groups in total. The highest BCUT2D eigenvalue weighted by Gasteiger charge is 2.33. The monoisotopic (exact) mass is 394 g/mol. The number of piperidine rings is 1. The Bertz CT molecular complexity index is 834. The van der Waals surface area contributed by atoms with E-state index in [1.165, 1.54) is 0 Å². The van der Waals surface area contributed by atoms with E-state index >= 15 is 0 Å². The number of hydrogen-bond acceptors (Lipinski definition) is 4. The van der Waals surface area contributed by atoms with Gasteiger partial charge in [-0.15, -0.1) is 0 Å². The number of carbonyl (C=O) groups is 3. The first-order chi connectivity index (χ1) is 14.0. The van der Waals surface area contributed by atoms with E-state index in [-0.39, 0.29) is 11.8 Å². The van der Waals surface area contributed by atoms with Crippen molar-refractivity contribution in [3.8, 4) is 0 Å². The quantitative estimate of drug-likeness (QED) is 0.696. The standard InChI is InChI=1S/C22H26N4O3/c23-22(29)25-21(28)19(17-9-5-2-6-10-17)26-13-11-18(12-14-26)20(27)24-15-16-7-3-1-4-8-16/h1-10,18-19H,11-15H2,(H,24,27)(H3,23,25,28,29)/t19-/m0/s1. The summed E-state index contributed by atoms with van der Waals surface area (Å²) in [4.78, 5) is 38.3. The molecule has 152 valence electrons. The van der Waals surface area contributed by atoms with E-state index < -0.39 is 18.0 Å². The van der Waals surface area contributed by atoms with Crippen LogP contribution in [0.25, 0.3) is 0 Å². The van der Waals surface area contributed by atoms with Crippen molar-refractivity contribution in [3.63, 3.8) is 0 Å². The van der Waals surface area contributed by atoms with Crippen molar-refractivity contribution in [3.05, 3.63) is 71.8 Å². The number of rotatable bonds is 6. The molecule has 1 saturated heterocycles. The van der Waals surface area contributed by atoms with Gasteiger partial charge in [-0.25, -0.2) is 4.79 Å². The van der Waals surface area contributed by atoms with E-state index in [4.69, 9.17) is 5.73 Å². The molecule has 3 rings (SSSR count). The van der Waals surface area contributed by atoms with Crippen molar-refractivity contribution in [2.24, 2.45) is 11.7 Å². The number of benzene rings is 2. The molecule has 0 saturated carbocycles. The van der Waals surface area contributed by atoms with E-state index in [2.05, 4.69) is 10.6 Å². The number of hydrogen-bond donors (Lipinski definition) is 3. The van der Waals surface area contributed by atoms with Crippen molar-refractivity contribution in [2.75, 3.05) is 13.1 Å². The number of nitrogens with zero attached hydrogens (tertiary/aromatic N) is 1. The van der Waals surface area contributed by atoms with E-state index in [9.17, 15) is 14.4 Å². The summed E-state index contributed by atoms with van der Waals surface area (Å²) >= 11 is 0. The maximum absolute atomic E-state index is 12.6. The molecular weight excluding hydrogens is 368 g/mol. The molecule has 29 heavy (non-hydrogen) atoms. The lowest BCUT2D eigenvalue weighted by Crippen LogP contribution is -2.48. The summed E-state index contributed by atoms with van der Waals surface area (Å²) in [6, 6.07) is 17.6. The second-order valence-electron chi connectivity index (χ2n) is 7.18. The summed E-state index contributed by atoms with van der Waals surface area (Å²) in [6.45, 7) is 1.66. The zero-order chi connectivity index (χ0) is 20.6. The zero-order valence-electron chi connectivity index (χ0n) is 16.2. The Morgan fingerprint density at radius 1 is 0.966 bits per heavy atom. The van der Waals surface area contributed by atoms with E-state index in [0.29, 0.717) is 32.5 Å². The van der Waals surface area contributed by atoms with Crippen molar-refractivity contribution < 1.29 is 14.4 Å². The summed E-state index contributed by atoms with van der Waals surface area (Å²) in [5.41, 5.74) is 6.99. The minimum absolute atomic E-state index is 0.0337. The highest BCUT2D eigenvalue weighted by molar-refractivity contribution is 5.96. The summed E-state index contributed by atoms with van der Waals surface area (Å²) in [6.07, 6.45) is 1.29. The maximum atomic E-state index is 12.6. The van der Waals surface area contributed by atoms with Crippen LogP contribution in [0.3, 0.4) is 0 Å². The summed E-state index contributed by atoms with van der Waals surface area (Å²) in [7, 11) is 0. The number of imide groups is 1. The van der Waals surface area contributed by atoms with Gasteiger partial charge in [-0.2, -0.15) is 0 Å². The fraction of sp³-hybridized carbons (Fsp3) is 0.318. The molecule has 7 nitrogen and oxygen atoms in total. The molecule has 7 heteroatoms. The minimum atomic E-state index is -0.869. The van der Waals surface area contributed by atoms with Gasteiger partial charge in [0.15, 0.2) is 0 Å². The zero-order valence-corrected chi connectivity index (χ0v) is 16.2. The number of nitrogens with one attached hydrogen (secondary N) is 2. The van der Waals surface area contributed by atoms with E-state index in [1.807, 2.05) is 65.6 Å². The third kappa shape index (κ3) is 5.65. The Balaban J connectivity index is 1.60. The van der Waals surface area contributed by atoms with Crippen LogP contribution in [0.5, 0.6) is 0 Å². The molecule has 1 atom stereocenters. The molecule has 4 amide bonds. The fourth-order valence-electron chi connectivity index (χ4n) is 3.70. The lowest BCUT2D eigenvalue weighted by Gasteiger charge is -2.36. The molecular formula is C22H26N4O3. The first-order valence-electron chi connectivity index (χ1n) is 9.75. The van der Waals surface area contributed by atoms with Crippen LogP contribution in [0.15, 0.2) is 60.7 Å². The SMILES string of the molecule is NC(=O)NC(=O)[C@H](c1ccccc1)N1CCC(C(=O)NCc2ccccc2)CC1. The average molecular weight is 394 g/mol. The first-order valence-corrected chi connectivity index (χ1v) is 9.75. The molecule has 0 radical (unpaired) electrons. The van der Waals surface area contributed by atoms with Crippen LogP contribution in [0.2, 0.25) is 0 Å². The third-order valence-corrected chi connectivity index (χ3v) is 5.19. The number of carbonyl (C=O) groups excluding carboxylic acids is 3. The predicted molar refractivity (Wildman–Crippen MR) is 109 cm³/mol. The topological polar surface area (TPSA) is 105 Å². The number of primary amides is 1. The van der Waals surface area contributed by atoms with Crippen molar-refractivity contribution in [1.29, 1.82) is 0 Å². The van der Waals surface area contributed by atoms with E-state index in [1.54, 1.807) is 0 Å². The van der Waals surface area contributed by atoms with Gasteiger partial charge in [-0.05, 0) is 37.1 Å². The van der Waals surface area contributed by atoms with Crippen LogP contribution in [0.1, 0.15) is 30.0 Å². The van der Waals surface area contributed by atoms with Crippen LogP contribution in [0, 0.1) is 5.92 Å². The Hall–Kier alpha value is -3.19. The molecule has 0 aliphatic carbocycles. The molecule has 1 aliphatic rings. The van der Waals surface area contributed by atoms with Crippen LogP contribution in [0.4, 0.5) is 4.79 Å². The Morgan fingerprint density at radius 2 is 1.55 bits per heavy atom. The minimum Gasteiger partial charge on any atom is -0.352 e. The molecule has 2 aromatic rings. The van der Waals surface area contributed by atoms with Crippen LogP contribution in [-0.4, -0.2) is 35.8 Å². The average Bonchev–Trinajstić information content (AvgIpc) is 2.74. The summed E-state index contributed by atoms with van der Waals surface area (Å²) in [5, 5.41) is 5.19.